The molecular formula is C15H28N2O. The van der Waals surface area contributed by atoms with Gasteiger partial charge in [0.2, 0.25) is 5.91 Å². The van der Waals surface area contributed by atoms with Crippen molar-refractivity contribution in [3.8, 4) is 0 Å². The molecule has 1 atom stereocenters. The van der Waals surface area contributed by atoms with Crippen molar-refractivity contribution in [2.24, 2.45) is 23.0 Å². The molecule has 0 bridgehead atoms. The second-order valence-corrected chi connectivity index (χ2v) is 6.89. The van der Waals surface area contributed by atoms with Crippen LogP contribution in [0.1, 0.15) is 58.8 Å². The summed E-state index contributed by atoms with van der Waals surface area (Å²) in [5.74, 6) is 1.49. The molecule has 2 saturated carbocycles. The van der Waals surface area contributed by atoms with Crippen molar-refractivity contribution in [2.45, 2.75) is 64.8 Å². The summed E-state index contributed by atoms with van der Waals surface area (Å²) in [6, 6.07) is 0.629. The molecule has 2 fully saturated rings. The molecule has 0 aliphatic heterocycles. The molecule has 0 spiro atoms. The molecule has 2 rings (SSSR count). The molecule has 0 heterocycles. The molecule has 104 valence electrons. The van der Waals surface area contributed by atoms with E-state index >= 15 is 0 Å². The third-order valence-electron chi connectivity index (χ3n) is 4.73. The van der Waals surface area contributed by atoms with Gasteiger partial charge in [-0.3, -0.25) is 4.79 Å². The Morgan fingerprint density at radius 1 is 1.17 bits per heavy atom. The number of hydrogen-bond donors (Lipinski definition) is 2. The lowest BCUT2D eigenvalue weighted by Gasteiger charge is -2.33. The van der Waals surface area contributed by atoms with Crippen LogP contribution in [0.3, 0.4) is 0 Å². The summed E-state index contributed by atoms with van der Waals surface area (Å²) in [6.07, 6.45) is 9.64. The highest BCUT2D eigenvalue weighted by Crippen LogP contribution is 2.40. The van der Waals surface area contributed by atoms with Crippen molar-refractivity contribution >= 4 is 5.91 Å². The van der Waals surface area contributed by atoms with E-state index in [1.807, 2.05) is 13.8 Å². The number of amides is 1. The summed E-state index contributed by atoms with van der Waals surface area (Å²) < 4.78 is 0. The number of rotatable bonds is 6. The van der Waals surface area contributed by atoms with Crippen molar-refractivity contribution < 1.29 is 4.79 Å². The van der Waals surface area contributed by atoms with E-state index in [-0.39, 0.29) is 5.91 Å². The van der Waals surface area contributed by atoms with Gasteiger partial charge in [0.05, 0.1) is 5.41 Å². The van der Waals surface area contributed by atoms with Crippen LogP contribution >= 0.6 is 0 Å². The molecule has 3 nitrogen and oxygen atoms in total. The van der Waals surface area contributed by atoms with Gasteiger partial charge in [0.15, 0.2) is 0 Å². The molecule has 0 aromatic rings. The highest BCUT2D eigenvalue weighted by atomic mass is 16.1. The van der Waals surface area contributed by atoms with E-state index in [1.165, 1.54) is 44.9 Å². The lowest BCUT2D eigenvalue weighted by molar-refractivity contribution is -0.125. The fourth-order valence-corrected chi connectivity index (χ4v) is 3.13. The third-order valence-corrected chi connectivity index (χ3v) is 4.73. The molecule has 1 amide bonds. The van der Waals surface area contributed by atoms with E-state index in [0.717, 1.165) is 18.4 Å². The van der Waals surface area contributed by atoms with Gasteiger partial charge in [0.25, 0.3) is 0 Å². The van der Waals surface area contributed by atoms with Gasteiger partial charge < -0.3 is 11.1 Å². The molecule has 18 heavy (non-hydrogen) atoms. The molecular weight excluding hydrogens is 224 g/mol. The smallest absolute Gasteiger partial charge is 0.224 e. The summed E-state index contributed by atoms with van der Waals surface area (Å²) in [7, 11) is 0. The zero-order valence-electron chi connectivity index (χ0n) is 11.9. The van der Waals surface area contributed by atoms with Gasteiger partial charge in [-0.2, -0.15) is 0 Å². The Bertz CT molecular complexity index is 291. The quantitative estimate of drug-likeness (QED) is 0.763. The molecule has 0 saturated heterocycles. The first-order valence-electron chi connectivity index (χ1n) is 7.54. The average molecular weight is 252 g/mol. The van der Waals surface area contributed by atoms with Gasteiger partial charge in [-0.05, 0) is 51.4 Å². The summed E-state index contributed by atoms with van der Waals surface area (Å²) in [5, 5.41) is 3.67. The van der Waals surface area contributed by atoms with Gasteiger partial charge >= 0.3 is 0 Å². The molecule has 0 aromatic carbocycles. The first kappa shape index (κ1) is 13.9. The number of nitrogens with two attached hydrogens (primary N) is 1. The zero-order chi connectivity index (χ0) is 13.2. The van der Waals surface area contributed by atoms with Crippen LogP contribution < -0.4 is 11.1 Å². The predicted octanol–water partition coefficient (Wildman–Crippen LogP) is 2.45. The number of primary amides is 1. The highest BCUT2D eigenvalue weighted by molar-refractivity contribution is 5.80. The van der Waals surface area contributed by atoms with Crippen LogP contribution in [0.15, 0.2) is 0 Å². The van der Waals surface area contributed by atoms with Crippen LogP contribution in [0.4, 0.5) is 0 Å². The van der Waals surface area contributed by atoms with E-state index in [1.54, 1.807) is 0 Å². The fourth-order valence-electron chi connectivity index (χ4n) is 3.13. The van der Waals surface area contributed by atoms with Gasteiger partial charge in [-0.15, -0.1) is 0 Å². The minimum atomic E-state index is -0.429. The van der Waals surface area contributed by atoms with E-state index in [9.17, 15) is 4.79 Å². The number of carbonyl (C=O) groups excluding carboxylic acids is 1. The number of nitrogens with one attached hydrogen (secondary N) is 1. The molecule has 2 aliphatic rings. The molecule has 3 heteroatoms. The predicted molar refractivity (Wildman–Crippen MR) is 74.1 cm³/mol. The third kappa shape index (κ3) is 3.47. The summed E-state index contributed by atoms with van der Waals surface area (Å²) in [4.78, 5) is 11.4. The van der Waals surface area contributed by atoms with E-state index in [4.69, 9.17) is 5.73 Å². The van der Waals surface area contributed by atoms with Crippen LogP contribution in [0.2, 0.25) is 0 Å². The topological polar surface area (TPSA) is 55.1 Å². The maximum Gasteiger partial charge on any atom is 0.224 e. The first-order chi connectivity index (χ1) is 8.50. The lowest BCUT2D eigenvalue weighted by Crippen LogP contribution is -2.47. The lowest BCUT2D eigenvalue weighted by atomic mass is 9.81. The highest BCUT2D eigenvalue weighted by Gasteiger charge is 2.38. The Morgan fingerprint density at radius 2 is 1.72 bits per heavy atom. The minimum absolute atomic E-state index is 0.201. The Morgan fingerprint density at radius 3 is 2.22 bits per heavy atom. The SMILES string of the molecule is CC(C)(CN[C@H](C1CCCCC1)C1CC1)C(N)=O. The van der Waals surface area contributed by atoms with E-state index in [2.05, 4.69) is 5.32 Å². The average Bonchev–Trinajstić information content (AvgIpc) is 3.15. The van der Waals surface area contributed by atoms with Crippen LogP contribution in [-0.2, 0) is 4.79 Å². The molecule has 2 aliphatic carbocycles. The van der Waals surface area contributed by atoms with Crippen molar-refractivity contribution in [3.05, 3.63) is 0 Å². The van der Waals surface area contributed by atoms with Gasteiger partial charge in [-0.1, -0.05) is 19.3 Å². The first-order valence-corrected chi connectivity index (χ1v) is 7.54. The second kappa shape index (κ2) is 5.60. The monoisotopic (exact) mass is 252 g/mol. The second-order valence-electron chi connectivity index (χ2n) is 6.89. The minimum Gasteiger partial charge on any atom is -0.369 e. The number of carbonyl (C=O) groups is 1. The standard InChI is InChI=1S/C15H28N2O/c1-15(2,14(16)18)10-17-13(12-8-9-12)11-6-4-3-5-7-11/h11-13,17H,3-10H2,1-2H3,(H2,16,18)/t13-/m1/s1. The van der Waals surface area contributed by atoms with Gasteiger partial charge in [0.1, 0.15) is 0 Å². The van der Waals surface area contributed by atoms with Crippen LogP contribution in [0.25, 0.3) is 0 Å². The number of hydrogen-bond acceptors (Lipinski definition) is 2. The van der Waals surface area contributed by atoms with Crippen molar-refractivity contribution in [2.75, 3.05) is 6.54 Å². The van der Waals surface area contributed by atoms with Crippen LogP contribution in [-0.4, -0.2) is 18.5 Å². The Hall–Kier alpha value is -0.570. The Balaban J connectivity index is 1.88. The largest absolute Gasteiger partial charge is 0.369 e. The van der Waals surface area contributed by atoms with Gasteiger partial charge in [-0.25, -0.2) is 0 Å². The Labute approximate surface area is 111 Å². The zero-order valence-corrected chi connectivity index (χ0v) is 11.9. The summed E-state index contributed by atoms with van der Waals surface area (Å²) in [5.41, 5.74) is 5.02. The summed E-state index contributed by atoms with van der Waals surface area (Å²) >= 11 is 0. The normalized spacial score (nSPS) is 23.9. The summed E-state index contributed by atoms with van der Waals surface area (Å²) in [6.45, 7) is 4.60. The van der Waals surface area contributed by atoms with Gasteiger partial charge in [0, 0.05) is 12.6 Å². The van der Waals surface area contributed by atoms with Crippen LogP contribution in [0.5, 0.6) is 0 Å². The Kier molecular flexibility index (Phi) is 4.31. The molecule has 3 N–H and O–H groups in total. The molecule has 0 aromatic heterocycles. The van der Waals surface area contributed by atoms with Crippen molar-refractivity contribution in [1.29, 1.82) is 0 Å². The van der Waals surface area contributed by atoms with E-state index < -0.39 is 5.41 Å². The van der Waals surface area contributed by atoms with Crippen LogP contribution in [0, 0.1) is 17.3 Å². The van der Waals surface area contributed by atoms with Crippen molar-refractivity contribution in [1.82, 2.24) is 5.32 Å². The van der Waals surface area contributed by atoms with E-state index in [0.29, 0.717) is 6.04 Å². The molecule has 0 radical (unpaired) electrons. The fraction of sp³-hybridized carbons (Fsp3) is 0.933. The van der Waals surface area contributed by atoms with Crippen molar-refractivity contribution in [3.63, 3.8) is 0 Å². The maximum atomic E-state index is 11.4. The molecule has 0 unspecified atom stereocenters. The maximum absolute atomic E-state index is 11.4.